The number of nitrogens with zero attached hydrogens (tertiary/aromatic N) is 5. The van der Waals surface area contributed by atoms with Gasteiger partial charge in [0.1, 0.15) is 17.5 Å². The standard InChI is InChI=1S/C31H35N7/c1-21-13-16-33-28(34-21)19-22-9-11-23(12-10-22)35-30-26(20-32)29(25-7-5-6-8-27(25)36-30)38-17-14-24(15-18-38)37-31(2,3)4/h5-13,16,24,37H,14-15,17-19H2,1-4H3,(H,35,36). The minimum absolute atomic E-state index is 0.0910. The molecule has 7 nitrogen and oxygen atoms in total. The Morgan fingerprint density at radius 3 is 2.42 bits per heavy atom. The predicted octanol–water partition coefficient (Wildman–Crippen LogP) is 5.90. The summed E-state index contributed by atoms with van der Waals surface area (Å²) in [6.45, 7) is 10.4. The van der Waals surface area contributed by atoms with Crippen molar-refractivity contribution in [2.45, 2.75) is 58.5 Å². The largest absolute Gasteiger partial charge is 0.370 e. The van der Waals surface area contributed by atoms with Gasteiger partial charge in [-0.25, -0.2) is 15.0 Å². The lowest BCUT2D eigenvalue weighted by molar-refractivity contribution is 0.317. The van der Waals surface area contributed by atoms with Crippen molar-refractivity contribution in [3.05, 3.63) is 83.4 Å². The van der Waals surface area contributed by atoms with Gasteiger partial charge in [-0.3, -0.25) is 0 Å². The van der Waals surface area contributed by atoms with E-state index in [0.717, 1.165) is 65.3 Å². The lowest BCUT2D eigenvalue weighted by Crippen LogP contribution is -2.49. The Labute approximate surface area is 225 Å². The van der Waals surface area contributed by atoms with Gasteiger partial charge in [-0.15, -0.1) is 0 Å². The van der Waals surface area contributed by atoms with Crippen LogP contribution in [0.3, 0.4) is 0 Å². The Kier molecular flexibility index (Phi) is 7.26. The van der Waals surface area contributed by atoms with Crippen molar-refractivity contribution in [3.8, 4) is 6.07 Å². The number of fused-ring (bicyclic) bond motifs is 1. The highest BCUT2D eigenvalue weighted by molar-refractivity contribution is 5.98. The zero-order chi connectivity index (χ0) is 26.7. The molecule has 1 aliphatic rings. The van der Waals surface area contributed by atoms with Crippen molar-refractivity contribution in [2.75, 3.05) is 23.3 Å². The summed E-state index contributed by atoms with van der Waals surface area (Å²) in [6.07, 6.45) is 4.54. The molecule has 194 valence electrons. The van der Waals surface area contributed by atoms with Gasteiger partial charge in [0.05, 0.1) is 11.2 Å². The normalized spacial score (nSPS) is 14.4. The van der Waals surface area contributed by atoms with E-state index in [9.17, 15) is 5.26 Å². The van der Waals surface area contributed by atoms with Crippen molar-refractivity contribution >= 4 is 28.1 Å². The molecule has 1 aliphatic heterocycles. The summed E-state index contributed by atoms with van der Waals surface area (Å²) in [6, 6.07) is 21.1. The number of benzene rings is 2. The van der Waals surface area contributed by atoms with E-state index in [1.807, 2.05) is 43.3 Å². The number of hydrogen-bond donors (Lipinski definition) is 2. The molecule has 0 aliphatic carbocycles. The Morgan fingerprint density at radius 1 is 1.00 bits per heavy atom. The second kappa shape index (κ2) is 10.8. The summed E-state index contributed by atoms with van der Waals surface area (Å²) in [5.74, 6) is 1.39. The SMILES string of the molecule is Cc1ccnc(Cc2ccc(Nc3nc4ccccc4c(N4CCC(NC(C)(C)C)CC4)c3C#N)cc2)n1. The molecule has 3 heterocycles. The lowest BCUT2D eigenvalue weighted by Gasteiger charge is -2.38. The Hall–Kier alpha value is -4.02. The van der Waals surface area contributed by atoms with Crippen LogP contribution < -0.4 is 15.5 Å². The molecule has 38 heavy (non-hydrogen) atoms. The summed E-state index contributed by atoms with van der Waals surface area (Å²) < 4.78 is 0. The second-order valence-electron chi connectivity index (χ2n) is 11.1. The predicted molar refractivity (Wildman–Crippen MR) is 154 cm³/mol. The van der Waals surface area contributed by atoms with E-state index in [2.05, 4.69) is 70.5 Å². The first-order valence-electron chi connectivity index (χ1n) is 13.3. The maximum Gasteiger partial charge on any atom is 0.151 e. The van der Waals surface area contributed by atoms with Crippen LogP contribution >= 0.6 is 0 Å². The van der Waals surface area contributed by atoms with E-state index in [-0.39, 0.29) is 5.54 Å². The molecule has 2 N–H and O–H groups in total. The molecule has 7 heteroatoms. The molecule has 0 amide bonds. The monoisotopic (exact) mass is 505 g/mol. The van der Waals surface area contributed by atoms with Crippen molar-refractivity contribution in [2.24, 2.45) is 0 Å². The molecular formula is C31H35N7. The van der Waals surface area contributed by atoms with E-state index in [4.69, 9.17) is 4.98 Å². The number of para-hydroxylation sites is 1. The first-order chi connectivity index (χ1) is 18.3. The number of rotatable bonds is 6. The van der Waals surface area contributed by atoms with Crippen molar-refractivity contribution in [1.82, 2.24) is 20.3 Å². The van der Waals surface area contributed by atoms with Crippen molar-refractivity contribution < 1.29 is 0 Å². The van der Waals surface area contributed by atoms with Gasteiger partial charge in [0, 0.05) is 54.1 Å². The molecule has 5 rings (SSSR count). The lowest BCUT2D eigenvalue weighted by atomic mass is 9.98. The van der Waals surface area contributed by atoms with Crippen LogP contribution in [0.5, 0.6) is 0 Å². The number of piperidine rings is 1. The third kappa shape index (κ3) is 5.92. The van der Waals surface area contributed by atoms with Gasteiger partial charge in [-0.2, -0.15) is 5.26 Å². The van der Waals surface area contributed by atoms with E-state index in [0.29, 0.717) is 23.8 Å². The molecular weight excluding hydrogens is 470 g/mol. The number of aryl methyl sites for hydroxylation is 1. The molecule has 1 fully saturated rings. The average Bonchev–Trinajstić information content (AvgIpc) is 2.89. The van der Waals surface area contributed by atoms with Gasteiger partial charge in [-0.05, 0) is 70.4 Å². The van der Waals surface area contributed by atoms with Gasteiger partial charge in [0.25, 0.3) is 0 Å². The van der Waals surface area contributed by atoms with Crippen LogP contribution in [0.4, 0.5) is 17.2 Å². The third-order valence-electron chi connectivity index (χ3n) is 6.85. The van der Waals surface area contributed by atoms with Crippen LogP contribution in [0.1, 0.15) is 56.3 Å². The fourth-order valence-corrected chi connectivity index (χ4v) is 5.19. The highest BCUT2D eigenvalue weighted by Crippen LogP contribution is 2.36. The van der Waals surface area contributed by atoms with Gasteiger partial charge >= 0.3 is 0 Å². The van der Waals surface area contributed by atoms with E-state index < -0.39 is 0 Å². The van der Waals surface area contributed by atoms with Crippen LogP contribution in [-0.4, -0.2) is 39.6 Å². The Bertz CT molecular complexity index is 1460. The van der Waals surface area contributed by atoms with Crippen molar-refractivity contribution in [1.29, 1.82) is 5.26 Å². The number of anilines is 3. The first kappa shape index (κ1) is 25.6. The number of nitriles is 1. The molecule has 2 aromatic carbocycles. The number of aromatic nitrogens is 3. The smallest absolute Gasteiger partial charge is 0.151 e. The molecule has 0 saturated carbocycles. The van der Waals surface area contributed by atoms with E-state index in [1.54, 1.807) is 6.20 Å². The Morgan fingerprint density at radius 2 is 1.74 bits per heavy atom. The fourth-order valence-electron chi connectivity index (χ4n) is 5.19. The highest BCUT2D eigenvalue weighted by atomic mass is 15.2. The van der Waals surface area contributed by atoms with Crippen LogP contribution in [0.15, 0.2) is 60.8 Å². The average molecular weight is 506 g/mol. The summed E-state index contributed by atoms with van der Waals surface area (Å²) in [4.78, 5) is 16.1. The zero-order valence-corrected chi connectivity index (χ0v) is 22.6. The van der Waals surface area contributed by atoms with Gasteiger partial charge in [0.15, 0.2) is 5.82 Å². The number of nitrogens with one attached hydrogen (secondary N) is 2. The maximum atomic E-state index is 10.3. The molecule has 0 unspecified atom stereocenters. The topological polar surface area (TPSA) is 89.8 Å². The number of pyridine rings is 1. The van der Waals surface area contributed by atoms with Crippen LogP contribution in [-0.2, 0) is 6.42 Å². The summed E-state index contributed by atoms with van der Waals surface area (Å²) >= 11 is 0. The molecule has 0 spiro atoms. The molecule has 1 saturated heterocycles. The summed E-state index contributed by atoms with van der Waals surface area (Å²) in [5, 5.41) is 18.5. The van der Waals surface area contributed by atoms with Crippen LogP contribution in [0, 0.1) is 18.3 Å². The van der Waals surface area contributed by atoms with E-state index in [1.165, 1.54) is 0 Å². The first-order valence-corrected chi connectivity index (χ1v) is 13.3. The molecule has 4 aromatic rings. The fraction of sp³-hybridized carbons (Fsp3) is 0.355. The van der Waals surface area contributed by atoms with E-state index >= 15 is 0 Å². The third-order valence-corrected chi connectivity index (χ3v) is 6.85. The molecule has 2 aromatic heterocycles. The van der Waals surface area contributed by atoms with Crippen LogP contribution in [0.2, 0.25) is 0 Å². The van der Waals surface area contributed by atoms with Gasteiger partial charge in [0.2, 0.25) is 0 Å². The Balaban J connectivity index is 1.41. The highest BCUT2D eigenvalue weighted by Gasteiger charge is 2.27. The molecule has 0 bridgehead atoms. The molecule has 0 atom stereocenters. The van der Waals surface area contributed by atoms with Gasteiger partial charge in [-0.1, -0.05) is 30.3 Å². The minimum atomic E-state index is 0.0910. The van der Waals surface area contributed by atoms with Crippen LogP contribution in [0.25, 0.3) is 10.9 Å². The molecule has 0 radical (unpaired) electrons. The quantitative estimate of drug-likeness (QED) is 0.337. The minimum Gasteiger partial charge on any atom is -0.370 e. The second-order valence-corrected chi connectivity index (χ2v) is 11.1. The van der Waals surface area contributed by atoms with Crippen molar-refractivity contribution in [3.63, 3.8) is 0 Å². The summed E-state index contributed by atoms with van der Waals surface area (Å²) in [5.41, 5.74) is 5.51. The van der Waals surface area contributed by atoms with Gasteiger partial charge < -0.3 is 15.5 Å². The zero-order valence-electron chi connectivity index (χ0n) is 22.6. The summed E-state index contributed by atoms with van der Waals surface area (Å²) in [7, 11) is 0. The maximum absolute atomic E-state index is 10.3. The number of hydrogen-bond acceptors (Lipinski definition) is 7.